The molecule has 0 amide bonds. The van der Waals surface area contributed by atoms with Crippen LogP contribution in [0.3, 0.4) is 0 Å². The third-order valence-electron chi connectivity index (χ3n) is 2.61. The van der Waals surface area contributed by atoms with Crippen LogP contribution in [0.25, 0.3) is 0 Å². The molecular weight excluding hydrogens is 234 g/mol. The van der Waals surface area contributed by atoms with Crippen molar-refractivity contribution in [2.24, 2.45) is 0 Å². The molecule has 1 nitrogen and oxygen atoms in total. The van der Waals surface area contributed by atoms with E-state index in [4.69, 9.17) is 0 Å². The van der Waals surface area contributed by atoms with Gasteiger partial charge >= 0.3 is 0 Å². The molecule has 0 saturated carbocycles. The second kappa shape index (κ2) is 5.53. The number of thioether (sulfide) groups is 1. The number of hydrogen-bond acceptors (Lipinski definition) is 3. The maximum Gasteiger partial charge on any atom is 0.0582 e. The normalized spacial score (nSPS) is 12.6. The van der Waals surface area contributed by atoms with Crippen molar-refractivity contribution in [3.8, 4) is 0 Å². The fraction of sp³-hybridized carbons (Fsp3) is 0.231. The summed E-state index contributed by atoms with van der Waals surface area (Å²) in [6.07, 6.45) is 2.10. The molecule has 1 N–H and O–H groups in total. The fourth-order valence-corrected chi connectivity index (χ4v) is 2.86. The van der Waals surface area contributed by atoms with E-state index >= 15 is 0 Å². The molecule has 16 heavy (non-hydrogen) atoms. The molecule has 3 heteroatoms. The van der Waals surface area contributed by atoms with Crippen LogP contribution in [0.5, 0.6) is 0 Å². The van der Waals surface area contributed by atoms with Gasteiger partial charge in [0.2, 0.25) is 0 Å². The highest BCUT2D eigenvalue weighted by atomic mass is 32.2. The minimum Gasteiger partial charge on any atom is -0.309 e. The lowest BCUT2D eigenvalue weighted by Gasteiger charge is -2.15. The second-order valence-electron chi connectivity index (χ2n) is 3.55. The molecule has 0 aliphatic carbocycles. The van der Waals surface area contributed by atoms with E-state index in [1.807, 2.05) is 7.05 Å². The molecule has 1 unspecified atom stereocenters. The van der Waals surface area contributed by atoms with Gasteiger partial charge in [0, 0.05) is 4.90 Å². The highest BCUT2D eigenvalue weighted by Crippen LogP contribution is 2.25. The summed E-state index contributed by atoms with van der Waals surface area (Å²) in [7, 11) is 2.00. The minimum atomic E-state index is 0.308. The van der Waals surface area contributed by atoms with Gasteiger partial charge in [-0.25, -0.2) is 0 Å². The Labute approximate surface area is 105 Å². The van der Waals surface area contributed by atoms with Gasteiger partial charge in [0.05, 0.1) is 6.04 Å². The molecule has 1 aromatic heterocycles. The summed E-state index contributed by atoms with van der Waals surface area (Å²) in [5.74, 6) is 0. The Morgan fingerprint density at radius 2 is 1.88 bits per heavy atom. The number of benzene rings is 1. The van der Waals surface area contributed by atoms with Crippen LogP contribution in [0.2, 0.25) is 0 Å². The van der Waals surface area contributed by atoms with E-state index in [2.05, 4.69) is 52.7 Å². The smallest absolute Gasteiger partial charge is 0.0582 e. The van der Waals surface area contributed by atoms with Gasteiger partial charge in [-0.2, -0.15) is 11.3 Å². The van der Waals surface area contributed by atoms with Crippen LogP contribution in [0, 0.1) is 0 Å². The molecule has 2 aromatic rings. The molecule has 1 aromatic carbocycles. The molecule has 0 aliphatic heterocycles. The van der Waals surface area contributed by atoms with Crippen LogP contribution in [0.1, 0.15) is 17.2 Å². The van der Waals surface area contributed by atoms with Gasteiger partial charge in [0.15, 0.2) is 0 Å². The van der Waals surface area contributed by atoms with Crippen molar-refractivity contribution in [1.82, 2.24) is 5.32 Å². The Hall–Kier alpha value is -0.770. The van der Waals surface area contributed by atoms with Crippen molar-refractivity contribution in [3.05, 3.63) is 52.2 Å². The van der Waals surface area contributed by atoms with Gasteiger partial charge in [0.1, 0.15) is 0 Å². The number of hydrogen-bond donors (Lipinski definition) is 1. The standard InChI is InChI=1S/C13H15NS2/c1-14-13(11-7-8-16-9-11)10-3-5-12(15-2)6-4-10/h3-9,13-14H,1-2H3. The van der Waals surface area contributed by atoms with E-state index in [-0.39, 0.29) is 0 Å². The highest BCUT2D eigenvalue weighted by molar-refractivity contribution is 7.98. The Bertz CT molecular complexity index is 420. The number of nitrogens with one attached hydrogen (secondary N) is 1. The lowest BCUT2D eigenvalue weighted by atomic mass is 10.0. The Morgan fingerprint density at radius 3 is 2.38 bits per heavy atom. The van der Waals surface area contributed by atoms with Crippen LogP contribution >= 0.6 is 23.1 Å². The largest absolute Gasteiger partial charge is 0.309 e. The van der Waals surface area contributed by atoms with Gasteiger partial charge in [-0.1, -0.05) is 12.1 Å². The third kappa shape index (κ3) is 2.48. The molecule has 1 atom stereocenters. The SMILES string of the molecule is CNC(c1ccc(SC)cc1)c1ccsc1. The Morgan fingerprint density at radius 1 is 1.12 bits per heavy atom. The molecule has 84 valence electrons. The number of rotatable bonds is 4. The summed E-state index contributed by atoms with van der Waals surface area (Å²) in [4.78, 5) is 1.31. The summed E-state index contributed by atoms with van der Waals surface area (Å²) in [5, 5.41) is 7.68. The minimum absolute atomic E-state index is 0.308. The van der Waals surface area contributed by atoms with E-state index in [0.717, 1.165) is 0 Å². The van der Waals surface area contributed by atoms with Gasteiger partial charge in [-0.3, -0.25) is 0 Å². The molecule has 0 bridgehead atoms. The monoisotopic (exact) mass is 249 g/mol. The van der Waals surface area contributed by atoms with Gasteiger partial charge in [0.25, 0.3) is 0 Å². The van der Waals surface area contributed by atoms with E-state index in [1.165, 1.54) is 16.0 Å². The number of thiophene rings is 1. The quantitative estimate of drug-likeness (QED) is 0.828. The lowest BCUT2D eigenvalue weighted by Crippen LogP contribution is -2.16. The van der Waals surface area contributed by atoms with E-state index < -0.39 is 0 Å². The fourth-order valence-electron chi connectivity index (χ4n) is 1.76. The molecule has 0 fully saturated rings. The third-order valence-corrected chi connectivity index (χ3v) is 4.06. The first-order chi connectivity index (χ1) is 7.85. The van der Waals surface area contributed by atoms with Crippen molar-refractivity contribution in [2.75, 3.05) is 13.3 Å². The lowest BCUT2D eigenvalue weighted by molar-refractivity contribution is 0.694. The van der Waals surface area contributed by atoms with Crippen molar-refractivity contribution in [1.29, 1.82) is 0 Å². The van der Waals surface area contributed by atoms with Crippen molar-refractivity contribution >= 4 is 23.1 Å². The van der Waals surface area contributed by atoms with Gasteiger partial charge < -0.3 is 5.32 Å². The predicted molar refractivity (Wildman–Crippen MR) is 73.4 cm³/mol. The van der Waals surface area contributed by atoms with Crippen LogP contribution in [0.15, 0.2) is 46.0 Å². The zero-order valence-electron chi connectivity index (χ0n) is 9.44. The first kappa shape index (κ1) is 11.7. The predicted octanol–water partition coefficient (Wildman–Crippen LogP) is 3.78. The molecule has 2 rings (SSSR count). The summed E-state index contributed by atoms with van der Waals surface area (Å²) in [6.45, 7) is 0. The summed E-state index contributed by atoms with van der Waals surface area (Å²) in [6, 6.07) is 11.2. The molecule has 0 spiro atoms. The van der Waals surface area contributed by atoms with Crippen LogP contribution in [-0.4, -0.2) is 13.3 Å². The summed E-state index contributed by atoms with van der Waals surface area (Å²) in [5.41, 5.74) is 2.66. The molecule has 0 saturated heterocycles. The molecular formula is C13H15NS2. The highest BCUT2D eigenvalue weighted by Gasteiger charge is 2.11. The maximum atomic E-state index is 3.36. The van der Waals surface area contributed by atoms with Crippen LogP contribution in [0.4, 0.5) is 0 Å². The second-order valence-corrected chi connectivity index (χ2v) is 5.21. The van der Waals surface area contributed by atoms with E-state index in [1.54, 1.807) is 23.1 Å². The van der Waals surface area contributed by atoms with Crippen molar-refractivity contribution in [3.63, 3.8) is 0 Å². The zero-order chi connectivity index (χ0) is 11.4. The first-order valence-electron chi connectivity index (χ1n) is 5.18. The molecule has 0 radical (unpaired) electrons. The first-order valence-corrected chi connectivity index (χ1v) is 7.35. The maximum absolute atomic E-state index is 3.36. The summed E-state index contributed by atoms with van der Waals surface area (Å²) < 4.78 is 0. The average Bonchev–Trinajstić information content (AvgIpc) is 2.85. The summed E-state index contributed by atoms with van der Waals surface area (Å²) >= 11 is 3.52. The van der Waals surface area contributed by atoms with Gasteiger partial charge in [-0.05, 0) is 53.4 Å². The van der Waals surface area contributed by atoms with Crippen molar-refractivity contribution in [2.45, 2.75) is 10.9 Å². The topological polar surface area (TPSA) is 12.0 Å². The van der Waals surface area contributed by atoms with Crippen molar-refractivity contribution < 1.29 is 0 Å². The van der Waals surface area contributed by atoms with Gasteiger partial charge in [-0.15, -0.1) is 11.8 Å². The Kier molecular flexibility index (Phi) is 4.04. The molecule has 1 heterocycles. The average molecular weight is 249 g/mol. The Balaban J connectivity index is 2.27. The van der Waals surface area contributed by atoms with E-state index in [0.29, 0.717) is 6.04 Å². The molecule has 0 aliphatic rings. The van der Waals surface area contributed by atoms with Crippen LogP contribution in [-0.2, 0) is 0 Å². The zero-order valence-corrected chi connectivity index (χ0v) is 11.1. The van der Waals surface area contributed by atoms with E-state index in [9.17, 15) is 0 Å². The van der Waals surface area contributed by atoms with Crippen LogP contribution < -0.4 is 5.32 Å².